The van der Waals surface area contributed by atoms with Gasteiger partial charge in [0.1, 0.15) is 0 Å². The van der Waals surface area contributed by atoms with Gasteiger partial charge in [0.15, 0.2) is 0 Å². The Morgan fingerprint density at radius 1 is 0.583 bits per heavy atom. The van der Waals surface area contributed by atoms with Gasteiger partial charge >= 0.3 is 0 Å². The zero-order chi connectivity index (χ0) is 17.9. The second-order valence-corrected chi connectivity index (χ2v) is 7.26. The predicted octanol–water partition coefficient (Wildman–Crippen LogP) is 7.46. The molecule has 0 heterocycles. The van der Waals surface area contributed by atoms with Gasteiger partial charge in [-0.05, 0) is 19.7 Å². The lowest BCUT2D eigenvalue weighted by Gasteiger charge is -2.08. The predicted molar refractivity (Wildman–Crippen MR) is 111 cm³/mol. The highest BCUT2D eigenvalue weighted by atomic mass is 15.0. The molecule has 1 rings (SSSR count). The van der Waals surface area contributed by atoms with Crippen LogP contribution in [0.15, 0.2) is 30.3 Å². The van der Waals surface area contributed by atoms with Crippen molar-refractivity contribution >= 4 is 0 Å². The normalized spacial score (nSPS) is 10.5. The maximum absolute atomic E-state index is 2.29. The second-order valence-electron chi connectivity index (χ2n) is 7.26. The van der Waals surface area contributed by atoms with E-state index in [1.165, 1.54) is 82.6 Å². The molecule has 0 bridgehead atoms. The molecule has 1 aromatic carbocycles. The fraction of sp³-hybridized carbons (Fsp3) is 0.739. The van der Waals surface area contributed by atoms with Gasteiger partial charge in [-0.2, -0.15) is 0 Å². The molecular formula is C23H43N. The Morgan fingerprint density at radius 3 is 1.29 bits per heavy atom. The third-order valence-corrected chi connectivity index (χ3v) is 4.30. The summed E-state index contributed by atoms with van der Waals surface area (Å²) in [5, 5.41) is 0. The number of rotatable bonds is 13. The van der Waals surface area contributed by atoms with E-state index < -0.39 is 0 Å². The molecule has 0 N–H and O–H groups in total. The molecule has 0 amide bonds. The van der Waals surface area contributed by atoms with Crippen molar-refractivity contribution < 1.29 is 0 Å². The van der Waals surface area contributed by atoms with Crippen molar-refractivity contribution in [2.45, 2.75) is 97.4 Å². The largest absolute Gasteiger partial charge is 0.305 e. The van der Waals surface area contributed by atoms with E-state index in [4.69, 9.17) is 0 Å². The smallest absolute Gasteiger partial charge is 0.0227 e. The van der Waals surface area contributed by atoms with Gasteiger partial charge in [-0.15, -0.1) is 0 Å². The molecule has 0 aliphatic rings. The molecule has 0 aliphatic heterocycles. The summed E-state index contributed by atoms with van der Waals surface area (Å²) in [5.74, 6) is 0. The summed E-state index contributed by atoms with van der Waals surface area (Å²) >= 11 is 0. The van der Waals surface area contributed by atoms with Gasteiger partial charge in [0.05, 0.1) is 0 Å². The Bertz CT molecular complexity index is 319. The Hall–Kier alpha value is -0.820. The molecule has 140 valence electrons. The van der Waals surface area contributed by atoms with E-state index in [-0.39, 0.29) is 0 Å². The first kappa shape index (κ1) is 23.2. The van der Waals surface area contributed by atoms with Crippen LogP contribution in [0.5, 0.6) is 0 Å². The van der Waals surface area contributed by atoms with Gasteiger partial charge < -0.3 is 4.90 Å². The van der Waals surface area contributed by atoms with Crippen LogP contribution in [0.1, 0.15) is 96.5 Å². The molecule has 1 aromatic rings. The van der Waals surface area contributed by atoms with E-state index >= 15 is 0 Å². The van der Waals surface area contributed by atoms with Crippen LogP contribution < -0.4 is 0 Å². The van der Waals surface area contributed by atoms with Crippen LogP contribution in [0.2, 0.25) is 0 Å². The van der Waals surface area contributed by atoms with E-state index in [1.54, 1.807) is 0 Å². The van der Waals surface area contributed by atoms with Crippen LogP contribution in [-0.4, -0.2) is 19.0 Å². The fourth-order valence-electron chi connectivity index (χ4n) is 2.86. The molecule has 0 aliphatic carbocycles. The third kappa shape index (κ3) is 17.5. The molecule has 0 fully saturated rings. The minimum Gasteiger partial charge on any atom is -0.305 e. The monoisotopic (exact) mass is 333 g/mol. The van der Waals surface area contributed by atoms with Crippen LogP contribution >= 0.6 is 0 Å². The topological polar surface area (TPSA) is 3.24 Å². The number of benzene rings is 1. The van der Waals surface area contributed by atoms with Crippen molar-refractivity contribution in [2.24, 2.45) is 0 Å². The van der Waals surface area contributed by atoms with E-state index in [0.717, 1.165) is 6.54 Å². The first-order valence-electron chi connectivity index (χ1n) is 10.4. The number of nitrogens with zero attached hydrogens (tertiary/aromatic N) is 1. The number of hydrogen-bond acceptors (Lipinski definition) is 1. The lowest BCUT2D eigenvalue weighted by Crippen LogP contribution is -2.10. The maximum atomic E-state index is 2.29. The molecule has 0 spiro atoms. The Morgan fingerprint density at radius 2 is 0.958 bits per heavy atom. The summed E-state index contributed by atoms with van der Waals surface area (Å²) in [4.78, 5) is 2.16. The summed E-state index contributed by atoms with van der Waals surface area (Å²) < 4.78 is 0. The van der Waals surface area contributed by atoms with Gasteiger partial charge in [-0.3, -0.25) is 0 Å². The zero-order valence-electron chi connectivity index (χ0n) is 17.0. The zero-order valence-corrected chi connectivity index (χ0v) is 17.0. The van der Waals surface area contributed by atoms with Crippen LogP contribution in [0.4, 0.5) is 0 Å². The summed E-state index contributed by atoms with van der Waals surface area (Å²) in [6.45, 7) is 5.60. The van der Waals surface area contributed by atoms with Gasteiger partial charge in [0, 0.05) is 6.54 Å². The average molecular weight is 334 g/mol. The summed E-state index contributed by atoms with van der Waals surface area (Å²) in [7, 11) is 4.15. The van der Waals surface area contributed by atoms with Crippen LogP contribution in [-0.2, 0) is 6.54 Å². The SMILES string of the molecule is CCCCCCCCCCCCCC.CN(C)Cc1ccccc1. The lowest BCUT2D eigenvalue weighted by atomic mass is 10.1. The molecule has 0 unspecified atom stereocenters. The minimum atomic E-state index is 1.03. The standard InChI is InChI=1S/C14H30.C9H13N/c1-3-5-7-9-11-13-14-12-10-8-6-4-2;1-10(2)8-9-6-4-3-5-7-9/h3-14H2,1-2H3;3-7H,8H2,1-2H3. The maximum Gasteiger partial charge on any atom is 0.0227 e. The minimum absolute atomic E-state index is 1.03. The quantitative estimate of drug-likeness (QED) is 0.339. The van der Waals surface area contributed by atoms with Crippen LogP contribution in [0.3, 0.4) is 0 Å². The van der Waals surface area contributed by atoms with Crippen molar-refractivity contribution in [3.8, 4) is 0 Å². The molecule has 0 radical (unpaired) electrons. The van der Waals surface area contributed by atoms with E-state index in [1.807, 2.05) is 6.07 Å². The Balaban J connectivity index is 0.000000463. The highest BCUT2D eigenvalue weighted by Gasteiger charge is 1.92. The Kier molecular flexibility index (Phi) is 17.9. The van der Waals surface area contributed by atoms with Gasteiger partial charge in [0.25, 0.3) is 0 Å². The number of hydrogen-bond donors (Lipinski definition) is 0. The lowest BCUT2D eigenvalue weighted by molar-refractivity contribution is 0.402. The van der Waals surface area contributed by atoms with Crippen LogP contribution in [0.25, 0.3) is 0 Å². The second kappa shape index (κ2) is 18.5. The molecule has 1 nitrogen and oxygen atoms in total. The summed E-state index contributed by atoms with van der Waals surface area (Å²) in [6.07, 6.45) is 17.4. The molecular weight excluding hydrogens is 290 g/mol. The molecule has 24 heavy (non-hydrogen) atoms. The molecule has 0 saturated heterocycles. The van der Waals surface area contributed by atoms with E-state index in [9.17, 15) is 0 Å². The van der Waals surface area contributed by atoms with Gasteiger partial charge in [-0.1, -0.05) is 121 Å². The molecule has 1 heteroatoms. The van der Waals surface area contributed by atoms with E-state index in [2.05, 4.69) is 57.1 Å². The molecule has 0 saturated carbocycles. The highest BCUT2D eigenvalue weighted by molar-refractivity contribution is 5.14. The van der Waals surface area contributed by atoms with E-state index in [0.29, 0.717) is 0 Å². The first-order chi connectivity index (χ1) is 11.7. The average Bonchev–Trinajstić information content (AvgIpc) is 2.58. The van der Waals surface area contributed by atoms with Crippen molar-refractivity contribution in [3.63, 3.8) is 0 Å². The third-order valence-electron chi connectivity index (χ3n) is 4.30. The highest BCUT2D eigenvalue weighted by Crippen LogP contribution is 2.11. The molecule has 0 atom stereocenters. The van der Waals surface area contributed by atoms with Crippen molar-refractivity contribution in [1.29, 1.82) is 0 Å². The van der Waals surface area contributed by atoms with Gasteiger partial charge in [0.2, 0.25) is 0 Å². The summed E-state index contributed by atoms with van der Waals surface area (Å²) in [5.41, 5.74) is 1.37. The van der Waals surface area contributed by atoms with Crippen LogP contribution in [0, 0.1) is 0 Å². The van der Waals surface area contributed by atoms with Crippen molar-refractivity contribution in [3.05, 3.63) is 35.9 Å². The van der Waals surface area contributed by atoms with Crippen molar-refractivity contribution in [2.75, 3.05) is 14.1 Å². The molecule has 0 aromatic heterocycles. The summed E-state index contributed by atoms with van der Waals surface area (Å²) in [6, 6.07) is 10.5. The van der Waals surface area contributed by atoms with Crippen molar-refractivity contribution in [1.82, 2.24) is 4.90 Å². The fourth-order valence-corrected chi connectivity index (χ4v) is 2.86. The van der Waals surface area contributed by atoms with Gasteiger partial charge in [-0.25, -0.2) is 0 Å². The number of unbranched alkanes of at least 4 members (excludes halogenated alkanes) is 11. The first-order valence-corrected chi connectivity index (χ1v) is 10.4. The Labute approximate surface area is 152 Å².